The van der Waals surface area contributed by atoms with E-state index in [0.717, 1.165) is 24.5 Å². The van der Waals surface area contributed by atoms with Gasteiger partial charge in [0.15, 0.2) is 0 Å². The molecule has 0 radical (unpaired) electrons. The average Bonchev–Trinajstić information content (AvgIpc) is 2.53. The topological polar surface area (TPSA) is 43.8 Å². The van der Waals surface area contributed by atoms with Crippen LogP contribution in [0, 0.1) is 18.8 Å². The molecule has 1 saturated carbocycles. The summed E-state index contributed by atoms with van der Waals surface area (Å²) in [6.07, 6.45) is 4.61. The zero-order chi connectivity index (χ0) is 12.6. The maximum absolute atomic E-state index is 6.63. The van der Waals surface area contributed by atoms with E-state index in [1.54, 1.807) is 0 Å². The zero-order valence-corrected chi connectivity index (χ0v) is 11.5. The molecule has 3 heteroatoms. The van der Waals surface area contributed by atoms with E-state index in [9.17, 15) is 0 Å². The van der Waals surface area contributed by atoms with Crippen molar-refractivity contribution in [1.29, 1.82) is 0 Å². The summed E-state index contributed by atoms with van der Waals surface area (Å²) in [5.74, 6) is 1.43. The Bertz CT molecular complexity index is 396. The van der Waals surface area contributed by atoms with Crippen molar-refractivity contribution >= 4 is 0 Å². The zero-order valence-electron chi connectivity index (χ0n) is 11.5. The van der Waals surface area contributed by atoms with Crippen molar-refractivity contribution < 1.29 is 0 Å². The van der Waals surface area contributed by atoms with Crippen molar-refractivity contribution in [2.24, 2.45) is 24.6 Å². The Morgan fingerprint density at radius 2 is 2.24 bits per heavy atom. The lowest BCUT2D eigenvalue weighted by Gasteiger charge is -2.42. The van der Waals surface area contributed by atoms with Gasteiger partial charge in [0.25, 0.3) is 0 Å². The smallest absolute Gasteiger partial charge is 0.0596 e. The van der Waals surface area contributed by atoms with E-state index in [2.05, 4.69) is 25.0 Å². The summed E-state index contributed by atoms with van der Waals surface area (Å²) >= 11 is 0. The number of rotatable bonds is 2. The molecule has 1 aromatic rings. The molecule has 0 amide bonds. The van der Waals surface area contributed by atoms with Gasteiger partial charge in [0.05, 0.1) is 5.69 Å². The van der Waals surface area contributed by atoms with Crippen LogP contribution in [-0.2, 0) is 13.5 Å². The third-order valence-electron chi connectivity index (χ3n) is 4.45. The lowest BCUT2D eigenvalue weighted by molar-refractivity contribution is 0.161. The van der Waals surface area contributed by atoms with Crippen LogP contribution in [-0.4, -0.2) is 15.3 Å². The number of hydrogen-bond donors (Lipinski definition) is 1. The van der Waals surface area contributed by atoms with Crippen molar-refractivity contribution in [2.75, 3.05) is 0 Å². The van der Waals surface area contributed by atoms with Crippen molar-refractivity contribution in [1.82, 2.24) is 9.78 Å². The largest absolute Gasteiger partial charge is 0.325 e. The predicted molar refractivity (Wildman–Crippen MR) is 70.7 cm³/mol. The van der Waals surface area contributed by atoms with E-state index in [-0.39, 0.29) is 5.54 Å². The first-order valence-electron chi connectivity index (χ1n) is 6.69. The van der Waals surface area contributed by atoms with Crippen molar-refractivity contribution in [3.8, 4) is 0 Å². The van der Waals surface area contributed by atoms with Crippen LogP contribution in [0.15, 0.2) is 6.07 Å². The van der Waals surface area contributed by atoms with Gasteiger partial charge in [0.1, 0.15) is 0 Å². The molecule has 0 bridgehead atoms. The molecular weight excluding hydrogens is 210 g/mol. The lowest BCUT2D eigenvalue weighted by Crippen LogP contribution is -2.51. The summed E-state index contributed by atoms with van der Waals surface area (Å²) in [5.41, 5.74) is 8.95. The Balaban J connectivity index is 2.14. The molecule has 3 atom stereocenters. The molecule has 3 nitrogen and oxygen atoms in total. The van der Waals surface area contributed by atoms with Gasteiger partial charge in [-0.2, -0.15) is 5.10 Å². The molecule has 0 aliphatic heterocycles. The summed E-state index contributed by atoms with van der Waals surface area (Å²) in [4.78, 5) is 0. The van der Waals surface area contributed by atoms with E-state index in [4.69, 9.17) is 5.73 Å². The molecule has 1 aliphatic carbocycles. The Morgan fingerprint density at radius 3 is 2.76 bits per heavy atom. The number of hydrogen-bond acceptors (Lipinski definition) is 2. The minimum Gasteiger partial charge on any atom is -0.325 e. The minimum absolute atomic E-state index is 0.0350. The monoisotopic (exact) mass is 235 g/mol. The standard InChI is InChI=1S/C14H25N3/c1-10-5-6-14(15,11(2)7-10)9-13-8-12(3)16-17(13)4/h8,10-11H,5-7,9,15H2,1-4H3. The highest BCUT2D eigenvalue weighted by atomic mass is 15.3. The van der Waals surface area contributed by atoms with Gasteiger partial charge in [-0.15, -0.1) is 0 Å². The lowest BCUT2D eigenvalue weighted by atomic mass is 9.68. The van der Waals surface area contributed by atoms with Gasteiger partial charge in [-0.25, -0.2) is 0 Å². The van der Waals surface area contributed by atoms with Crippen LogP contribution in [0.3, 0.4) is 0 Å². The molecule has 2 N–H and O–H groups in total. The highest BCUT2D eigenvalue weighted by molar-refractivity contribution is 5.13. The number of nitrogens with two attached hydrogens (primary N) is 1. The van der Waals surface area contributed by atoms with E-state index in [1.165, 1.54) is 18.5 Å². The quantitative estimate of drug-likeness (QED) is 0.855. The third-order valence-corrected chi connectivity index (χ3v) is 4.45. The van der Waals surface area contributed by atoms with Crippen LogP contribution >= 0.6 is 0 Å². The molecule has 3 unspecified atom stereocenters. The minimum atomic E-state index is -0.0350. The second kappa shape index (κ2) is 4.45. The first-order valence-corrected chi connectivity index (χ1v) is 6.69. The van der Waals surface area contributed by atoms with Crippen LogP contribution < -0.4 is 5.73 Å². The van der Waals surface area contributed by atoms with Crippen molar-refractivity contribution in [3.63, 3.8) is 0 Å². The Kier molecular flexibility index (Phi) is 3.30. The van der Waals surface area contributed by atoms with Crippen LogP contribution in [0.1, 0.15) is 44.5 Å². The van der Waals surface area contributed by atoms with Crippen molar-refractivity contribution in [2.45, 2.75) is 52.0 Å². The fraction of sp³-hybridized carbons (Fsp3) is 0.786. The SMILES string of the molecule is Cc1cc(CC2(N)CCC(C)CC2C)n(C)n1. The molecule has 1 aromatic heterocycles. The van der Waals surface area contributed by atoms with Gasteiger partial charge >= 0.3 is 0 Å². The Morgan fingerprint density at radius 1 is 1.53 bits per heavy atom. The van der Waals surface area contributed by atoms with Crippen LogP contribution in [0.2, 0.25) is 0 Å². The molecule has 0 saturated heterocycles. The summed E-state index contributed by atoms with van der Waals surface area (Å²) in [7, 11) is 2.02. The predicted octanol–water partition coefficient (Wildman–Crippen LogP) is 2.42. The second-order valence-corrected chi connectivity index (χ2v) is 6.09. The van der Waals surface area contributed by atoms with Gasteiger partial charge < -0.3 is 5.73 Å². The number of nitrogens with zero attached hydrogens (tertiary/aromatic N) is 2. The molecule has 1 aliphatic rings. The highest BCUT2D eigenvalue weighted by Crippen LogP contribution is 2.37. The maximum Gasteiger partial charge on any atom is 0.0596 e. The van der Waals surface area contributed by atoms with Gasteiger partial charge in [0, 0.05) is 24.7 Å². The first kappa shape index (κ1) is 12.6. The van der Waals surface area contributed by atoms with Gasteiger partial charge in [-0.05, 0) is 44.1 Å². The van der Waals surface area contributed by atoms with Crippen molar-refractivity contribution in [3.05, 3.63) is 17.5 Å². The summed E-state index contributed by atoms with van der Waals surface area (Å²) in [6.45, 7) is 6.68. The van der Waals surface area contributed by atoms with Crippen LogP contribution in [0.5, 0.6) is 0 Å². The molecule has 1 heterocycles. The van der Waals surface area contributed by atoms with E-state index in [1.807, 2.05) is 18.7 Å². The Hall–Kier alpha value is -0.830. The van der Waals surface area contributed by atoms with Gasteiger partial charge in [-0.3, -0.25) is 4.68 Å². The molecule has 0 spiro atoms. The molecule has 1 fully saturated rings. The number of aromatic nitrogens is 2. The van der Waals surface area contributed by atoms with Gasteiger partial charge in [0.2, 0.25) is 0 Å². The molecule has 2 rings (SSSR count). The fourth-order valence-electron chi connectivity index (χ4n) is 3.15. The summed E-state index contributed by atoms with van der Waals surface area (Å²) in [6, 6.07) is 2.17. The van der Waals surface area contributed by atoms with Gasteiger partial charge in [-0.1, -0.05) is 13.8 Å². The van der Waals surface area contributed by atoms with Crippen LogP contribution in [0.4, 0.5) is 0 Å². The summed E-state index contributed by atoms with van der Waals surface area (Å²) < 4.78 is 1.98. The van der Waals surface area contributed by atoms with E-state index in [0.29, 0.717) is 5.92 Å². The molecule has 0 aromatic carbocycles. The molecule has 96 valence electrons. The molecule has 17 heavy (non-hydrogen) atoms. The normalized spacial score (nSPS) is 33.9. The van der Waals surface area contributed by atoms with Crippen LogP contribution in [0.25, 0.3) is 0 Å². The second-order valence-electron chi connectivity index (χ2n) is 6.09. The average molecular weight is 235 g/mol. The fourth-order valence-corrected chi connectivity index (χ4v) is 3.15. The Labute approximate surface area is 104 Å². The highest BCUT2D eigenvalue weighted by Gasteiger charge is 2.37. The summed E-state index contributed by atoms with van der Waals surface area (Å²) in [5, 5.41) is 4.41. The first-order chi connectivity index (χ1) is 7.90. The molecular formula is C14H25N3. The van der Waals surface area contributed by atoms with E-state index >= 15 is 0 Å². The van der Waals surface area contributed by atoms with E-state index < -0.39 is 0 Å². The number of aryl methyl sites for hydroxylation is 2. The maximum atomic E-state index is 6.63. The third kappa shape index (κ3) is 2.54.